The average Bonchev–Trinajstić information content (AvgIpc) is 2.87. The second-order valence-electron chi connectivity index (χ2n) is 10.6. The number of hydrogen-bond acceptors (Lipinski definition) is 4. The van der Waals surface area contributed by atoms with Crippen LogP contribution in [0, 0.1) is 34.5 Å². The van der Waals surface area contributed by atoms with Gasteiger partial charge in [0.1, 0.15) is 11.7 Å². The third-order valence-corrected chi connectivity index (χ3v) is 9.68. The molecule has 4 aliphatic rings. The number of Topliss-reactive ketones (excluding diaryl/α,β-unsaturated/α-hetero) is 1. The molecule has 0 amide bonds. The van der Waals surface area contributed by atoms with E-state index in [4.69, 9.17) is 4.74 Å². The van der Waals surface area contributed by atoms with Crippen LogP contribution in [0.4, 0.5) is 0 Å². The molecular weight excluding hydrogens is 340 g/mol. The number of carbonyl (C=O) groups is 2. The van der Waals surface area contributed by atoms with E-state index >= 15 is 0 Å². The van der Waals surface area contributed by atoms with Crippen molar-refractivity contribution in [2.24, 2.45) is 34.5 Å². The van der Waals surface area contributed by atoms with Crippen LogP contribution in [0.15, 0.2) is 0 Å². The zero-order chi connectivity index (χ0) is 19.6. The molecule has 4 aliphatic carbocycles. The molecule has 4 heteroatoms. The summed E-state index contributed by atoms with van der Waals surface area (Å²) in [5.74, 6) is 2.22. The van der Waals surface area contributed by atoms with Crippen molar-refractivity contribution in [3.05, 3.63) is 0 Å². The SMILES string of the molecule is CC(=O)O[C@@H]1CC[C@@]2(C)[C@@H](CC[C@@H]3[C@H]2CC[C@]2(C)[C@@H]3CC[C@]2(O)C(C)=O)C1. The van der Waals surface area contributed by atoms with Crippen LogP contribution in [0.3, 0.4) is 0 Å². The van der Waals surface area contributed by atoms with E-state index in [1.807, 2.05) is 0 Å². The third kappa shape index (κ3) is 2.65. The summed E-state index contributed by atoms with van der Waals surface area (Å²) in [6.07, 6.45) is 9.34. The maximum Gasteiger partial charge on any atom is 0.302 e. The number of esters is 1. The molecule has 4 fully saturated rings. The lowest BCUT2D eigenvalue weighted by atomic mass is 9.44. The highest BCUT2D eigenvalue weighted by Crippen LogP contribution is 2.68. The van der Waals surface area contributed by atoms with Crippen molar-refractivity contribution in [2.45, 2.75) is 97.2 Å². The second-order valence-corrected chi connectivity index (χ2v) is 10.6. The fourth-order valence-corrected chi connectivity index (χ4v) is 8.15. The quantitative estimate of drug-likeness (QED) is 0.731. The van der Waals surface area contributed by atoms with E-state index < -0.39 is 5.60 Å². The monoisotopic (exact) mass is 376 g/mol. The van der Waals surface area contributed by atoms with E-state index in [1.54, 1.807) is 6.92 Å². The largest absolute Gasteiger partial charge is 0.463 e. The maximum atomic E-state index is 12.3. The van der Waals surface area contributed by atoms with Gasteiger partial charge in [0.05, 0.1) is 0 Å². The number of hydrogen-bond donors (Lipinski definition) is 1. The van der Waals surface area contributed by atoms with Crippen molar-refractivity contribution >= 4 is 11.8 Å². The average molecular weight is 377 g/mol. The minimum atomic E-state index is -1.12. The molecule has 4 saturated carbocycles. The molecule has 0 unspecified atom stereocenters. The summed E-state index contributed by atoms with van der Waals surface area (Å²) < 4.78 is 5.55. The van der Waals surface area contributed by atoms with Crippen LogP contribution in [0.1, 0.15) is 85.5 Å². The van der Waals surface area contributed by atoms with Gasteiger partial charge in [0.2, 0.25) is 0 Å². The first-order valence-electron chi connectivity index (χ1n) is 11.0. The van der Waals surface area contributed by atoms with Crippen LogP contribution in [0.5, 0.6) is 0 Å². The molecule has 0 heterocycles. The maximum absolute atomic E-state index is 12.3. The normalized spacial score (nSPS) is 51.7. The number of carbonyl (C=O) groups excluding carboxylic acids is 2. The Morgan fingerprint density at radius 1 is 0.926 bits per heavy atom. The van der Waals surface area contributed by atoms with Gasteiger partial charge in [0, 0.05) is 12.3 Å². The fourth-order valence-electron chi connectivity index (χ4n) is 8.15. The standard InChI is InChI=1S/C23H36O4/c1-14(24)23(26)12-9-20-18-6-5-16-13-17(27-15(2)25)7-10-21(16,3)19(18)8-11-22(20,23)4/h16-20,26H,5-13H2,1-4H3/t16-,17+,18+,19+,20+,21-,22+,23-/m0/s1. The van der Waals surface area contributed by atoms with Crippen LogP contribution < -0.4 is 0 Å². The minimum Gasteiger partial charge on any atom is -0.463 e. The highest BCUT2D eigenvalue weighted by atomic mass is 16.5. The van der Waals surface area contributed by atoms with Crippen molar-refractivity contribution in [3.63, 3.8) is 0 Å². The molecule has 0 aliphatic heterocycles. The van der Waals surface area contributed by atoms with Gasteiger partial charge in [-0.05, 0) is 93.8 Å². The summed E-state index contributed by atoms with van der Waals surface area (Å²) >= 11 is 0. The van der Waals surface area contributed by atoms with Crippen molar-refractivity contribution < 1.29 is 19.4 Å². The Morgan fingerprint density at radius 3 is 2.30 bits per heavy atom. The Balaban J connectivity index is 1.56. The van der Waals surface area contributed by atoms with E-state index in [2.05, 4.69) is 13.8 Å². The first kappa shape index (κ1) is 19.4. The van der Waals surface area contributed by atoms with Gasteiger partial charge in [-0.2, -0.15) is 0 Å². The summed E-state index contributed by atoms with van der Waals surface area (Å²) in [6.45, 7) is 7.76. The fraction of sp³-hybridized carbons (Fsp3) is 0.913. The lowest BCUT2D eigenvalue weighted by molar-refractivity contribution is -0.175. The lowest BCUT2D eigenvalue weighted by Gasteiger charge is -2.61. The zero-order valence-corrected chi connectivity index (χ0v) is 17.4. The van der Waals surface area contributed by atoms with Crippen LogP contribution in [0.2, 0.25) is 0 Å². The molecular formula is C23H36O4. The number of ketones is 1. The van der Waals surface area contributed by atoms with Crippen LogP contribution in [0.25, 0.3) is 0 Å². The molecule has 4 rings (SSSR count). The number of aliphatic hydroxyl groups is 1. The van der Waals surface area contributed by atoms with Gasteiger partial charge in [0.15, 0.2) is 5.78 Å². The lowest BCUT2D eigenvalue weighted by Crippen LogP contribution is -2.58. The van der Waals surface area contributed by atoms with E-state index in [9.17, 15) is 14.7 Å². The molecule has 0 spiro atoms. The van der Waals surface area contributed by atoms with Gasteiger partial charge in [-0.25, -0.2) is 0 Å². The van der Waals surface area contributed by atoms with Gasteiger partial charge in [0.25, 0.3) is 0 Å². The Morgan fingerprint density at radius 2 is 1.63 bits per heavy atom. The minimum absolute atomic E-state index is 0.0345. The smallest absolute Gasteiger partial charge is 0.302 e. The second kappa shape index (κ2) is 6.30. The Bertz CT molecular complexity index is 644. The summed E-state index contributed by atoms with van der Waals surface area (Å²) in [6, 6.07) is 0. The van der Waals surface area contributed by atoms with Gasteiger partial charge in [-0.3, -0.25) is 9.59 Å². The van der Waals surface area contributed by atoms with Crippen LogP contribution in [-0.4, -0.2) is 28.6 Å². The molecule has 0 aromatic heterocycles. The first-order chi connectivity index (χ1) is 12.6. The first-order valence-corrected chi connectivity index (χ1v) is 11.0. The van der Waals surface area contributed by atoms with Crippen molar-refractivity contribution in [1.82, 2.24) is 0 Å². The van der Waals surface area contributed by atoms with E-state index in [0.29, 0.717) is 35.5 Å². The summed E-state index contributed by atoms with van der Waals surface area (Å²) in [5, 5.41) is 11.2. The number of fused-ring (bicyclic) bond motifs is 5. The molecule has 1 N–H and O–H groups in total. The highest BCUT2D eigenvalue weighted by molar-refractivity contribution is 5.86. The van der Waals surface area contributed by atoms with Crippen molar-refractivity contribution in [1.29, 1.82) is 0 Å². The summed E-state index contributed by atoms with van der Waals surface area (Å²) in [4.78, 5) is 23.7. The topological polar surface area (TPSA) is 63.6 Å². The third-order valence-electron chi connectivity index (χ3n) is 9.68. The molecule has 8 atom stereocenters. The predicted octanol–water partition coefficient (Wildman–Crippen LogP) is 4.28. The summed E-state index contributed by atoms with van der Waals surface area (Å²) in [7, 11) is 0. The van der Waals surface area contributed by atoms with Crippen LogP contribution >= 0.6 is 0 Å². The van der Waals surface area contributed by atoms with Gasteiger partial charge >= 0.3 is 5.97 Å². The summed E-state index contributed by atoms with van der Waals surface area (Å²) in [5.41, 5.74) is -1.05. The van der Waals surface area contributed by atoms with Gasteiger partial charge < -0.3 is 9.84 Å². The van der Waals surface area contributed by atoms with Crippen molar-refractivity contribution in [2.75, 3.05) is 0 Å². The molecule has 152 valence electrons. The van der Waals surface area contributed by atoms with Crippen LogP contribution in [-0.2, 0) is 14.3 Å². The Labute approximate surface area is 163 Å². The van der Waals surface area contributed by atoms with E-state index in [1.165, 1.54) is 19.8 Å². The molecule has 27 heavy (non-hydrogen) atoms. The van der Waals surface area contributed by atoms with Gasteiger partial charge in [-0.15, -0.1) is 0 Å². The molecule has 0 aromatic carbocycles. The molecule has 0 saturated heterocycles. The van der Waals surface area contributed by atoms with Crippen molar-refractivity contribution in [3.8, 4) is 0 Å². The highest BCUT2D eigenvalue weighted by Gasteiger charge is 2.66. The molecule has 0 bridgehead atoms. The zero-order valence-electron chi connectivity index (χ0n) is 17.4. The Kier molecular flexibility index (Phi) is 4.53. The molecule has 4 nitrogen and oxygen atoms in total. The van der Waals surface area contributed by atoms with Gasteiger partial charge in [-0.1, -0.05) is 13.8 Å². The molecule has 0 aromatic rings. The van der Waals surface area contributed by atoms with E-state index in [-0.39, 0.29) is 23.3 Å². The number of rotatable bonds is 2. The number of ether oxygens (including phenoxy) is 1. The van der Waals surface area contributed by atoms with E-state index in [0.717, 1.165) is 38.5 Å². The Hall–Kier alpha value is -0.900. The predicted molar refractivity (Wildman–Crippen MR) is 103 cm³/mol. The molecule has 0 radical (unpaired) electrons.